The van der Waals surface area contributed by atoms with Crippen LogP contribution in [0.3, 0.4) is 0 Å². The maximum Gasteiger partial charge on any atom is 0.319 e. The van der Waals surface area contributed by atoms with Gasteiger partial charge in [-0.15, -0.1) is 0 Å². The third-order valence-corrected chi connectivity index (χ3v) is 3.00. The van der Waals surface area contributed by atoms with Gasteiger partial charge in [-0.25, -0.2) is 4.79 Å². The van der Waals surface area contributed by atoms with Crippen molar-refractivity contribution in [3.8, 4) is 0 Å². The number of carbonyl (C=O) groups excluding carboxylic acids is 2. The first-order chi connectivity index (χ1) is 10.4. The molecule has 4 N–H and O–H groups in total. The van der Waals surface area contributed by atoms with E-state index in [4.69, 9.17) is 16.7 Å². The lowest BCUT2D eigenvalue weighted by Crippen LogP contribution is -2.30. The highest BCUT2D eigenvalue weighted by molar-refractivity contribution is 6.33. The van der Waals surface area contributed by atoms with Crippen LogP contribution in [-0.2, 0) is 9.59 Å². The number of nitrogens with one attached hydrogen (secondary N) is 3. The number of urea groups is 1. The zero-order chi connectivity index (χ0) is 16.5. The quantitative estimate of drug-likeness (QED) is 0.577. The topological polar surface area (TPSA) is 108 Å². The summed E-state index contributed by atoms with van der Waals surface area (Å²) in [6.07, 6.45) is 0.665. The summed E-state index contributed by atoms with van der Waals surface area (Å²) in [5, 5.41) is 16.6. The van der Waals surface area contributed by atoms with Gasteiger partial charge in [0.15, 0.2) is 0 Å². The summed E-state index contributed by atoms with van der Waals surface area (Å²) in [5.74, 6) is -1.06. The summed E-state index contributed by atoms with van der Waals surface area (Å²) in [4.78, 5) is 33.4. The lowest BCUT2D eigenvalue weighted by Gasteiger charge is -2.11. The van der Waals surface area contributed by atoms with Crippen LogP contribution >= 0.6 is 11.6 Å². The summed E-state index contributed by atoms with van der Waals surface area (Å²) in [5.41, 5.74) is 0.878. The van der Waals surface area contributed by atoms with E-state index in [-0.39, 0.29) is 18.9 Å². The highest BCUT2D eigenvalue weighted by Gasteiger charge is 2.08. The highest BCUT2D eigenvalue weighted by atomic mass is 35.5. The molecule has 22 heavy (non-hydrogen) atoms. The maximum atomic E-state index is 11.7. The Labute approximate surface area is 133 Å². The van der Waals surface area contributed by atoms with Crippen molar-refractivity contribution in [1.29, 1.82) is 0 Å². The van der Waals surface area contributed by atoms with Crippen molar-refractivity contribution < 1.29 is 19.5 Å². The number of hydrogen-bond acceptors (Lipinski definition) is 3. The van der Waals surface area contributed by atoms with Crippen LogP contribution in [0.15, 0.2) is 18.2 Å². The highest BCUT2D eigenvalue weighted by Crippen LogP contribution is 2.25. The molecule has 0 aliphatic carbocycles. The SMILES string of the molecule is CCC(=O)Nc1ccc(Cl)c(NC(=O)NCCCC(=O)O)c1. The molecule has 0 saturated carbocycles. The van der Waals surface area contributed by atoms with Gasteiger partial charge in [-0.3, -0.25) is 9.59 Å². The van der Waals surface area contributed by atoms with Crippen LogP contribution in [0.1, 0.15) is 26.2 Å². The van der Waals surface area contributed by atoms with Gasteiger partial charge in [0, 0.05) is 25.1 Å². The second-order valence-electron chi connectivity index (χ2n) is 4.47. The molecule has 0 saturated heterocycles. The van der Waals surface area contributed by atoms with E-state index in [9.17, 15) is 14.4 Å². The Bertz CT molecular complexity index is 563. The molecule has 0 unspecified atom stereocenters. The number of halogens is 1. The molecule has 0 radical (unpaired) electrons. The number of carboxylic acids is 1. The molecule has 120 valence electrons. The average Bonchev–Trinajstić information content (AvgIpc) is 2.46. The molecule has 8 heteroatoms. The standard InChI is InChI=1S/C14H18ClN3O4/c1-2-12(19)17-9-5-6-10(15)11(8-9)18-14(22)16-7-3-4-13(20)21/h5-6,8H,2-4,7H2,1H3,(H,17,19)(H,20,21)(H2,16,18,22). The van der Waals surface area contributed by atoms with Crippen molar-refractivity contribution in [3.63, 3.8) is 0 Å². The van der Waals surface area contributed by atoms with Gasteiger partial charge < -0.3 is 21.1 Å². The lowest BCUT2D eigenvalue weighted by atomic mass is 10.2. The van der Waals surface area contributed by atoms with E-state index in [0.717, 1.165) is 0 Å². The monoisotopic (exact) mass is 327 g/mol. The zero-order valence-electron chi connectivity index (χ0n) is 12.1. The number of rotatable bonds is 7. The van der Waals surface area contributed by atoms with Gasteiger partial charge in [-0.2, -0.15) is 0 Å². The number of carbonyl (C=O) groups is 3. The summed E-state index contributed by atoms with van der Waals surface area (Å²) < 4.78 is 0. The molecular weight excluding hydrogens is 310 g/mol. The molecule has 0 atom stereocenters. The van der Waals surface area contributed by atoms with Crippen molar-refractivity contribution in [2.75, 3.05) is 17.2 Å². The van der Waals surface area contributed by atoms with E-state index in [1.807, 2.05) is 0 Å². The minimum atomic E-state index is -0.912. The summed E-state index contributed by atoms with van der Waals surface area (Å²) in [6.45, 7) is 1.97. The first kappa shape index (κ1) is 17.8. The smallest absolute Gasteiger partial charge is 0.319 e. The summed E-state index contributed by atoms with van der Waals surface area (Å²) in [6, 6.07) is 4.25. The van der Waals surface area contributed by atoms with Crippen molar-refractivity contribution in [3.05, 3.63) is 23.2 Å². The number of amides is 3. The second-order valence-corrected chi connectivity index (χ2v) is 4.88. The Morgan fingerprint density at radius 2 is 1.95 bits per heavy atom. The van der Waals surface area contributed by atoms with Gasteiger partial charge in [-0.05, 0) is 24.6 Å². The molecule has 0 heterocycles. The maximum absolute atomic E-state index is 11.7. The molecule has 0 bridgehead atoms. The molecule has 0 fully saturated rings. The lowest BCUT2D eigenvalue weighted by molar-refractivity contribution is -0.137. The van der Waals surface area contributed by atoms with Crippen LogP contribution in [0.2, 0.25) is 5.02 Å². The first-order valence-electron chi connectivity index (χ1n) is 6.78. The van der Waals surface area contributed by atoms with Crippen LogP contribution in [0, 0.1) is 0 Å². The largest absolute Gasteiger partial charge is 0.481 e. The fourth-order valence-electron chi connectivity index (χ4n) is 1.56. The normalized spacial score (nSPS) is 9.91. The Balaban J connectivity index is 2.56. The predicted octanol–water partition coefficient (Wildman–Crippen LogP) is 2.67. The number of hydrogen-bond donors (Lipinski definition) is 4. The molecule has 0 aliphatic heterocycles. The van der Waals surface area contributed by atoms with E-state index in [2.05, 4.69) is 16.0 Å². The van der Waals surface area contributed by atoms with Crippen LogP contribution in [-0.4, -0.2) is 29.6 Å². The minimum absolute atomic E-state index is 0.0143. The number of aliphatic carboxylic acids is 1. The van der Waals surface area contributed by atoms with Gasteiger partial charge in [-0.1, -0.05) is 18.5 Å². The second kappa shape index (κ2) is 8.89. The van der Waals surface area contributed by atoms with Gasteiger partial charge >= 0.3 is 12.0 Å². The van der Waals surface area contributed by atoms with Crippen LogP contribution in [0.4, 0.5) is 16.2 Å². The van der Waals surface area contributed by atoms with Crippen molar-refractivity contribution >= 4 is 40.9 Å². The van der Waals surface area contributed by atoms with E-state index in [1.54, 1.807) is 25.1 Å². The van der Waals surface area contributed by atoms with Crippen LogP contribution < -0.4 is 16.0 Å². The van der Waals surface area contributed by atoms with E-state index in [1.165, 1.54) is 0 Å². The Morgan fingerprint density at radius 3 is 2.59 bits per heavy atom. The van der Waals surface area contributed by atoms with Crippen molar-refractivity contribution in [2.45, 2.75) is 26.2 Å². The molecular formula is C14H18ClN3O4. The number of carboxylic acid groups (broad SMARTS) is 1. The van der Waals surface area contributed by atoms with Gasteiger partial charge in [0.05, 0.1) is 10.7 Å². The van der Waals surface area contributed by atoms with Crippen LogP contribution in [0.5, 0.6) is 0 Å². The predicted molar refractivity (Wildman–Crippen MR) is 84.3 cm³/mol. The molecule has 0 aliphatic rings. The van der Waals surface area contributed by atoms with Gasteiger partial charge in [0.2, 0.25) is 5.91 Å². The first-order valence-corrected chi connectivity index (χ1v) is 7.16. The number of anilines is 2. The van der Waals surface area contributed by atoms with E-state index >= 15 is 0 Å². The third kappa shape index (κ3) is 6.45. The molecule has 7 nitrogen and oxygen atoms in total. The average molecular weight is 328 g/mol. The van der Waals surface area contributed by atoms with E-state index in [0.29, 0.717) is 29.2 Å². The van der Waals surface area contributed by atoms with Gasteiger partial charge in [0.1, 0.15) is 0 Å². The third-order valence-electron chi connectivity index (χ3n) is 2.67. The van der Waals surface area contributed by atoms with Crippen molar-refractivity contribution in [2.24, 2.45) is 0 Å². The molecule has 1 aromatic rings. The van der Waals surface area contributed by atoms with Gasteiger partial charge in [0.25, 0.3) is 0 Å². The molecule has 0 aromatic heterocycles. The minimum Gasteiger partial charge on any atom is -0.481 e. The Hall–Kier alpha value is -2.28. The molecule has 1 aromatic carbocycles. The molecule has 1 rings (SSSR count). The number of benzene rings is 1. The van der Waals surface area contributed by atoms with Crippen molar-refractivity contribution in [1.82, 2.24) is 5.32 Å². The zero-order valence-corrected chi connectivity index (χ0v) is 12.9. The fraction of sp³-hybridized carbons (Fsp3) is 0.357. The molecule has 3 amide bonds. The fourth-order valence-corrected chi connectivity index (χ4v) is 1.72. The molecule has 0 spiro atoms. The Morgan fingerprint density at radius 1 is 1.23 bits per heavy atom. The Kier molecular flexibility index (Phi) is 7.18. The summed E-state index contributed by atoms with van der Waals surface area (Å²) >= 11 is 5.98. The summed E-state index contributed by atoms with van der Waals surface area (Å²) in [7, 11) is 0. The van der Waals surface area contributed by atoms with Crippen LogP contribution in [0.25, 0.3) is 0 Å². The van der Waals surface area contributed by atoms with E-state index < -0.39 is 12.0 Å².